The van der Waals surface area contributed by atoms with E-state index in [2.05, 4.69) is 23.8 Å². The van der Waals surface area contributed by atoms with E-state index in [1.165, 1.54) is 6.42 Å². The van der Waals surface area contributed by atoms with Gasteiger partial charge in [0.25, 0.3) is 0 Å². The molecule has 16 heavy (non-hydrogen) atoms. The van der Waals surface area contributed by atoms with Crippen molar-refractivity contribution in [2.45, 2.75) is 38.3 Å². The third-order valence-corrected chi connectivity index (χ3v) is 3.42. The fraction of sp³-hybridized carbons (Fsp3) is 1.00. The number of likely N-dealkylation sites (N-methyl/N-ethyl adjacent to an activating group) is 1. The summed E-state index contributed by atoms with van der Waals surface area (Å²) in [6.45, 7) is 8.35. The normalized spacial score (nSPS) is 28.7. The fourth-order valence-corrected chi connectivity index (χ4v) is 2.40. The standard InChI is InChI=1S/C12H27N3O/c1-4-11-8-14(3)6-5-7-15(11)9-12(2,13)10-16/h11,16H,4-10,13H2,1-3H3. The Bertz CT molecular complexity index is 208. The van der Waals surface area contributed by atoms with Gasteiger partial charge in [0.15, 0.2) is 0 Å². The summed E-state index contributed by atoms with van der Waals surface area (Å²) >= 11 is 0. The molecule has 0 aliphatic carbocycles. The van der Waals surface area contributed by atoms with Crippen molar-refractivity contribution in [3.63, 3.8) is 0 Å². The van der Waals surface area contributed by atoms with Crippen LogP contribution in [0.15, 0.2) is 0 Å². The van der Waals surface area contributed by atoms with Crippen molar-refractivity contribution in [1.82, 2.24) is 9.80 Å². The number of nitrogens with zero attached hydrogens (tertiary/aromatic N) is 2. The van der Waals surface area contributed by atoms with Gasteiger partial charge in [0.2, 0.25) is 0 Å². The molecule has 96 valence electrons. The number of nitrogens with two attached hydrogens (primary N) is 1. The maximum absolute atomic E-state index is 9.24. The van der Waals surface area contributed by atoms with E-state index in [4.69, 9.17) is 5.73 Å². The van der Waals surface area contributed by atoms with E-state index in [1.54, 1.807) is 0 Å². The van der Waals surface area contributed by atoms with E-state index in [0.717, 1.165) is 32.6 Å². The molecular weight excluding hydrogens is 202 g/mol. The van der Waals surface area contributed by atoms with Crippen molar-refractivity contribution in [3.05, 3.63) is 0 Å². The predicted molar refractivity (Wildman–Crippen MR) is 67.4 cm³/mol. The Morgan fingerprint density at radius 3 is 2.69 bits per heavy atom. The van der Waals surface area contributed by atoms with Gasteiger partial charge >= 0.3 is 0 Å². The number of aliphatic hydroxyl groups is 1. The Hall–Kier alpha value is -0.160. The number of hydrogen-bond donors (Lipinski definition) is 2. The topological polar surface area (TPSA) is 52.7 Å². The molecule has 1 fully saturated rings. The average Bonchev–Trinajstić information content (AvgIpc) is 2.40. The number of rotatable bonds is 4. The van der Waals surface area contributed by atoms with Crippen LogP contribution in [-0.4, -0.2) is 66.3 Å². The molecule has 0 bridgehead atoms. The van der Waals surface area contributed by atoms with Crippen molar-refractivity contribution < 1.29 is 5.11 Å². The first-order valence-corrected chi connectivity index (χ1v) is 6.31. The lowest BCUT2D eigenvalue weighted by molar-refractivity contribution is 0.114. The van der Waals surface area contributed by atoms with Gasteiger partial charge in [0, 0.05) is 24.7 Å². The first-order chi connectivity index (χ1) is 7.48. The van der Waals surface area contributed by atoms with E-state index in [0.29, 0.717) is 6.04 Å². The van der Waals surface area contributed by atoms with Gasteiger partial charge in [0.1, 0.15) is 0 Å². The maximum Gasteiger partial charge on any atom is 0.0621 e. The Kier molecular flexibility index (Phi) is 5.18. The minimum atomic E-state index is -0.476. The van der Waals surface area contributed by atoms with Crippen molar-refractivity contribution in [2.75, 3.05) is 39.8 Å². The summed E-state index contributed by atoms with van der Waals surface area (Å²) in [4.78, 5) is 4.83. The zero-order valence-corrected chi connectivity index (χ0v) is 10.9. The molecule has 1 saturated heterocycles. The third kappa shape index (κ3) is 4.01. The van der Waals surface area contributed by atoms with Gasteiger partial charge in [-0.1, -0.05) is 6.92 Å². The molecule has 2 unspecified atom stereocenters. The van der Waals surface area contributed by atoms with E-state index in [9.17, 15) is 5.11 Å². The molecule has 0 aromatic rings. The second-order valence-electron chi connectivity index (χ2n) is 5.46. The van der Waals surface area contributed by atoms with Crippen LogP contribution in [0, 0.1) is 0 Å². The lowest BCUT2D eigenvalue weighted by atomic mass is 10.0. The van der Waals surface area contributed by atoms with E-state index in [1.807, 2.05) is 6.92 Å². The summed E-state index contributed by atoms with van der Waals surface area (Å²) in [7, 11) is 2.18. The molecule has 0 spiro atoms. The summed E-state index contributed by atoms with van der Waals surface area (Å²) in [5, 5.41) is 9.24. The minimum Gasteiger partial charge on any atom is -0.394 e. The van der Waals surface area contributed by atoms with Crippen LogP contribution in [-0.2, 0) is 0 Å². The Morgan fingerprint density at radius 1 is 1.44 bits per heavy atom. The van der Waals surface area contributed by atoms with Crippen LogP contribution in [0.5, 0.6) is 0 Å². The van der Waals surface area contributed by atoms with Crippen molar-refractivity contribution >= 4 is 0 Å². The zero-order valence-electron chi connectivity index (χ0n) is 10.9. The molecule has 0 aromatic heterocycles. The van der Waals surface area contributed by atoms with Crippen LogP contribution in [0.4, 0.5) is 0 Å². The smallest absolute Gasteiger partial charge is 0.0621 e. The van der Waals surface area contributed by atoms with Gasteiger partial charge in [-0.3, -0.25) is 4.90 Å². The van der Waals surface area contributed by atoms with Crippen LogP contribution < -0.4 is 5.73 Å². The second-order valence-corrected chi connectivity index (χ2v) is 5.46. The molecule has 0 aromatic carbocycles. The Morgan fingerprint density at radius 2 is 2.12 bits per heavy atom. The van der Waals surface area contributed by atoms with Crippen molar-refractivity contribution in [3.8, 4) is 0 Å². The summed E-state index contributed by atoms with van der Waals surface area (Å²) in [6, 6.07) is 0.571. The van der Waals surface area contributed by atoms with E-state index < -0.39 is 5.54 Å². The van der Waals surface area contributed by atoms with E-state index in [-0.39, 0.29) is 6.61 Å². The van der Waals surface area contributed by atoms with Gasteiger partial charge in [0.05, 0.1) is 6.61 Å². The van der Waals surface area contributed by atoms with Gasteiger partial charge in [-0.25, -0.2) is 0 Å². The summed E-state index contributed by atoms with van der Waals surface area (Å²) in [5.74, 6) is 0. The molecule has 1 rings (SSSR count). The van der Waals surface area contributed by atoms with Crippen molar-refractivity contribution in [1.29, 1.82) is 0 Å². The number of aliphatic hydroxyl groups excluding tert-OH is 1. The SMILES string of the molecule is CCC1CN(C)CCCN1CC(C)(N)CO. The van der Waals surface area contributed by atoms with Crippen LogP contribution in [0.1, 0.15) is 26.7 Å². The van der Waals surface area contributed by atoms with Gasteiger partial charge in [-0.2, -0.15) is 0 Å². The summed E-state index contributed by atoms with van der Waals surface area (Å²) < 4.78 is 0. The molecule has 1 aliphatic heterocycles. The number of hydrogen-bond acceptors (Lipinski definition) is 4. The molecule has 0 amide bonds. The highest BCUT2D eigenvalue weighted by atomic mass is 16.3. The average molecular weight is 229 g/mol. The predicted octanol–water partition coefficient (Wildman–Crippen LogP) is 0.112. The van der Waals surface area contributed by atoms with Crippen molar-refractivity contribution in [2.24, 2.45) is 5.73 Å². The highest BCUT2D eigenvalue weighted by Crippen LogP contribution is 2.14. The molecule has 1 heterocycles. The first kappa shape index (κ1) is 13.9. The Labute approximate surface area is 99.4 Å². The molecule has 0 radical (unpaired) electrons. The second kappa shape index (κ2) is 5.96. The summed E-state index contributed by atoms with van der Waals surface area (Å²) in [6.07, 6.45) is 2.33. The molecule has 4 heteroatoms. The lowest BCUT2D eigenvalue weighted by Crippen LogP contribution is -2.54. The van der Waals surface area contributed by atoms with Crippen LogP contribution in [0.3, 0.4) is 0 Å². The molecule has 3 N–H and O–H groups in total. The van der Waals surface area contributed by atoms with Crippen LogP contribution >= 0.6 is 0 Å². The zero-order chi connectivity index (χ0) is 12.2. The lowest BCUT2D eigenvalue weighted by Gasteiger charge is -2.35. The van der Waals surface area contributed by atoms with Gasteiger partial charge in [-0.15, -0.1) is 0 Å². The summed E-state index contributed by atoms with van der Waals surface area (Å²) in [5.41, 5.74) is 5.57. The van der Waals surface area contributed by atoms with Crippen LogP contribution in [0.25, 0.3) is 0 Å². The third-order valence-electron chi connectivity index (χ3n) is 3.42. The Balaban J connectivity index is 2.61. The first-order valence-electron chi connectivity index (χ1n) is 6.31. The largest absolute Gasteiger partial charge is 0.394 e. The molecule has 4 nitrogen and oxygen atoms in total. The van der Waals surface area contributed by atoms with Gasteiger partial charge in [-0.05, 0) is 39.9 Å². The maximum atomic E-state index is 9.24. The molecule has 2 atom stereocenters. The fourth-order valence-electron chi connectivity index (χ4n) is 2.40. The minimum absolute atomic E-state index is 0.0514. The monoisotopic (exact) mass is 229 g/mol. The molecular formula is C12H27N3O. The quantitative estimate of drug-likeness (QED) is 0.718. The molecule has 1 aliphatic rings. The van der Waals surface area contributed by atoms with E-state index >= 15 is 0 Å². The van der Waals surface area contributed by atoms with Gasteiger partial charge < -0.3 is 15.7 Å². The van der Waals surface area contributed by atoms with Crippen LogP contribution in [0.2, 0.25) is 0 Å². The highest BCUT2D eigenvalue weighted by molar-refractivity contribution is 4.87. The highest BCUT2D eigenvalue weighted by Gasteiger charge is 2.27. The molecule has 0 saturated carbocycles.